The number of hydrogen-bond acceptors (Lipinski definition) is 4. The molecule has 0 aliphatic rings. The van der Waals surface area contributed by atoms with Crippen LogP contribution in [0.1, 0.15) is 25.3 Å². The molecule has 2 aromatic rings. The van der Waals surface area contributed by atoms with Crippen molar-refractivity contribution in [3.63, 3.8) is 0 Å². The standard InChI is InChI=1S/C16H20N2OS/c1-11(2)14(17)8-13(19)9-16-18-15(10-20-16)12-6-4-3-5-7-12/h3-7,10-11,14H,8-9,17H2,1-2H3. The second-order valence-corrected chi connectivity index (χ2v) is 6.26. The fraction of sp³-hybridized carbons (Fsp3) is 0.375. The molecule has 1 heterocycles. The highest BCUT2D eigenvalue weighted by Gasteiger charge is 2.15. The summed E-state index contributed by atoms with van der Waals surface area (Å²) in [7, 11) is 0. The Kier molecular flexibility index (Phi) is 5.04. The minimum absolute atomic E-state index is 0.0592. The SMILES string of the molecule is CC(C)C(N)CC(=O)Cc1nc(-c2ccccc2)cs1. The predicted molar refractivity (Wildman–Crippen MR) is 83.7 cm³/mol. The molecule has 0 saturated carbocycles. The van der Waals surface area contributed by atoms with Gasteiger partial charge in [0.05, 0.1) is 12.1 Å². The van der Waals surface area contributed by atoms with Gasteiger partial charge in [0, 0.05) is 23.4 Å². The Morgan fingerprint density at radius 3 is 2.65 bits per heavy atom. The van der Waals surface area contributed by atoms with Crippen LogP contribution in [0.3, 0.4) is 0 Å². The Morgan fingerprint density at radius 2 is 2.00 bits per heavy atom. The number of thiazole rings is 1. The Morgan fingerprint density at radius 1 is 1.30 bits per heavy atom. The van der Waals surface area contributed by atoms with Gasteiger partial charge in [-0.05, 0) is 5.92 Å². The maximum absolute atomic E-state index is 12.0. The van der Waals surface area contributed by atoms with Gasteiger partial charge in [-0.25, -0.2) is 4.98 Å². The van der Waals surface area contributed by atoms with E-state index in [1.165, 1.54) is 11.3 Å². The number of nitrogens with two attached hydrogens (primary N) is 1. The summed E-state index contributed by atoms with van der Waals surface area (Å²) in [4.78, 5) is 16.5. The van der Waals surface area contributed by atoms with Gasteiger partial charge in [-0.1, -0.05) is 44.2 Å². The van der Waals surface area contributed by atoms with Crippen LogP contribution in [-0.2, 0) is 11.2 Å². The molecule has 1 aromatic carbocycles. The predicted octanol–water partition coefficient (Wildman–Crippen LogP) is 3.30. The van der Waals surface area contributed by atoms with Gasteiger partial charge in [-0.3, -0.25) is 4.79 Å². The zero-order valence-corrected chi connectivity index (χ0v) is 12.7. The number of rotatable bonds is 6. The summed E-state index contributed by atoms with van der Waals surface area (Å²) >= 11 is 1.54. The number of carbonyl (C=O) groups excluding carboxylic acids is 1. The zero-order chi connectivity index (χ0) is 14.5. The lowest BCUT2D eigenvalue weighted by molar-refractivity contribution is -0.118. The van der Waals surface area contributed by atoms with Crippen LogP contribution in [0.2, 0.25) is 0 Å². The molecule has 2 N–H and O–H groups in total. The van der Waals surface area contributed by atoms with E-state index in [1.54, 1.807) is 0 Å². The monoisotopic (exact) mass is 288 g/mol. The van der Waals surface area contributed by atoms with Crippen LogP contribution >= 0.6 is 11.3 Å². The van der Waals surface area contributed by atoms with Crippen molar-refractivity contribution in [1.29, 1.82) is 0 Å². The van der Waals surface area contributed by atoms with E-state index < -0.39 is 0 Å². The molecule has 0 aliphatic heterocycles. The second kappa shape index (κ2) is 6.77. The smallest absolute Gasteiger partial charge is 0.141 e. The van der Waals surface area contributed by atoms with E-state index in [1.807, 2.05) is 49.6 Å². The molecule has 1 atom stereocenters. The fourth-order valence-electron chi connectivity index (χ4n) is 1.87. The van der Waals surface area contributed by atoms with Crippen molar-refractivity contribution in [1.82, 2.24) is 4.98 Å². The third kappa shape index (κ3) is 3.99. The molecule has 1 unspecified atom stereocenters. The molecule has 0 aliphatic carbocycles. The van der Waals surface area contributed by atoms with Gasteiger partial charge >= 0.3 is 0 Å². The van der Waals surface area contributed by atoms with Gasteiger partial charge in [0.1, 0.15) is 10.8 Å². The number of nitrogens with zero attached hydrogens (tertiary/aromatic N) is 1. The molecular weight excluding hydrogens is 268 g/mol. The Labute approximate surface area is 123 Å². The highest BCUT2D eigenvalue weighted by atomic mass is 32.1. The third-order valence-electron chi connectivity index (χ3n) is 3.29. The molecule has 3 nitrogen and oxygen atoms in total. The molecule has 0 saturated heterocycles. The summed E-state index contributed by atoms with van der Waals surface area (Å²) in [5.74, 6) is 0.496. The van der Waals surface area contributed by atoms with Gasteiger partial charge < -0.3 is 5.73 Å². The fourth-order valence-corrected chi connectivity index (χ4v) is 2.70. The first-order chi connectivity index (χ1) is 9.56. The molecule has 1 aromatic heterocycles. The lowest BCUT2D eigenvalue weighted by Gasteiger charge is -2.13. The van der Waals surface area contributed by atoms with Crippen LogP contribution in [-0.4, -0.2) is 16.8 Å². The number of benzene rings is 1. The third-order valence-corrected chi connectivity index (χ3v) is 4.14. The first kappa shape index (κ1) is 14.9. The van der Waals surface area contributed by atoms with Crippen molar-refractivity contribution in [2.75, 3.05) is 0 Å². The largest absolute Gasteiger partial charge is 0.327 e. The minimum atomic E-state index is -0.0592. The van der Waals surface area contributed by atoms with Gasteiger partial charge in [0.15, 0.2) is 0 Å². The molecule has 0 spiro atoms. The van der Waals surface area contributed by atoms with E-state index in [2.05, 4.69) is 4.98 Å². The Balaban J connectivity index is 1.98. The second-order valence-electron chi connectivity index (χ2n) is 5.32. The minimum Gasteiger partial charge on any atom is -0.327 e. The molecular formula is C16H20N2OS. The molecule has 0 radical (unpaired) electrons. The van der Waals surface area contributed by atoms with E-state index in [-0.39, 0.29) is 11.8 Å². The summed E-state index contributed by atoms with van der Waals surface area (Å²) in [6, 6.07) is 9.94. The van der Waals surface area contributed by atoms with E-state index in [0.717, 1.165) is 16.3 Å². The average Bonchev–Trinajstić information content (AvgIpc) is 2.88. The number of carbonyl (C=O) groups is 1. The molecule has 0 bridgehead atoms. The molecule has 20 heavy (non-hydrogen) atoms. The van der Waals surface area contributed by atoms with Crippen molar-refractivity contribution in [3.05, 3.63) is 40.7 Å². The van der Waals surface area contributed by atoms with Crippen LogP contribution in [0, 0.1) is 5.92 Å². The van der Waals surface area contributed by atoms with E-state index in [9.17, 15) is 4.79 Å². The number of hydrogen-bond donors (Lipinski definition) is 1. The number of ketones is 1. The maximum atomic E-state index is 12.0. The lowest BCUT2D eigenvalue weighted by Crippen LogP contribution is -2.29. The van der Waals surface area contributed by atoms with Crippen LogP contribution in [0.5, 0.6) is 0 Å². The van der Waals surface area contributed by atoms with Crippen molar-refractivity contribution >= 4 is 17.1 Å². The molecule has 0 fully saturated rings. The molecule has 106 valence electrons. The summed E-state index contributed by atoms with van der Waals surface area (Å²) < 4.78 is 0. The summed E-state index contributed by atoms with van der Waals surface area (Å²) in [6.07, 6.45) is 0.815. The van der Waals surface area contributed by atoms with Crippen molar-refractivity contribution in [2.24, 2.45) is 11.7 Å². The van der Waals surface area contributed by atoms with Gasteiger partial charge in [0.25, 0.3) is 0 Å². The quantitative estimate of drug-likeness (QED) is 0.887. The summed E-state index contributed by atoms with van der Waals surface area (Å²) in [6.45, 7) is 4.07. The summed E-state index contributed by atoms with van der Waals surface area (Å²) in [5, 5.41) is 2.87. The lowest BCUT2D eigenvalue weighted by atomic mass is 9.99. The van der Waals surface area contributed by atoms with E-state index in [0.29, 0.717) is 18.8 Å². The van der Waals surface area contributed by atoms with E-state index >= 15 is 0 Å². The van der Waals surface area contributed by atoms with Crippen LogP contribution in [0.15, 0.2) is 35.7 Å². The Bertz CT molecular complexity index is 563. The first-order valence-corrected chi connectivity index (χ1v) is 7.71. The van der Waals surface area contributed by atoms with Crippen LogP contribution < -0.4 is 5.73 Å². The van der Waals surface area contributed by atoms with Crippen molar-refractivity contribution in [2.45, 2.75) is 32.7 Å². The van der Waals surface area contributed by atoms with Crippen LogP contribution in [0.25, 0.3) is 11.3 Å². The number of Topliss-reactive ketones (excluding diaryl/α,β-unsaturated/α-hetero) is 1. The van der Waals surface area contributed by atoms with Crippen molar-refractivity contribution < 1.29 is 4.79 Å². The molecule has 2 rings (SSSR count). The first-order valence-electron chi connectivity index (χ1n) is 6.83. The topological polar surface area (TPSA) is 56.0 Å². The average molecular weight is 288 g/mol. The zero-order valence-electron chi connectivity index (χ0n) is 11.9. The highest BCUT2D eigenvalue weighted by molar-refractivity contribution is 7.10. The van der Waals surface area contributed by atoms with Gasteiger partial charge in [0.2, 0.25) is 0 Å². The normalized spacial score (nSPS) is 12.6. The number of aromatic nitrogens is 1. The molecule has 4 heteroatoms. The van der Waals surface area contributed by atoms with E-state index in [4.69, 9.17) is 5.73 Å². The highest BCUT2D eigenvalue weighted by Crippen LogP contribution is 2.22. The molecule has 0 amide bonds. The Hall–Kier alpha value is -1.52. The van der Waals surface area contributed by atoms with Crippen LogP contribution in [0.4, 0.5) is 0 Å². The maximum Gasteiger partial charge on any atom is 0.141 e. The van der Waals surface area contributed by atoms with Gasteiger partial charge in [-0.2, -0.15) is 0 Å². The van der Waals surface area contributed by atoms with Crippen molar-refractivity contribution in [3.8, 4) is 11.3 Å². The summed E-state index contributed by atoms with van der Waals surface area (Å²) in [5.41, 5.74) is 7.95. The van der Waals surface area contributed by atoms with Gasteiger partial charge in [-0.15, -0.1) is 11.3 Å².